The number of nitrogens with two attached hydrogens (primary N) is 1. The molecule has 1 heterocycles. The molecule has 0 radical (unpaired) electrons. The van der Waals surface area contributed by atoms with Gasteiger partial charge in [0.2, 0.25) is 0 Å². The van der Waals surface area contributed by atoms with Gasteiger partial charge in [-0.1, -0.05) is 66.8 Å². The van der Waals surface area contributed by atoms with Crippen LogP contribution in [0.5, 0.6) is 0 Å². The maximum atomic E-state index is 6.25. The minimum absolute atomic E-state index is 0.311. The summed E-state index contributed by atoms with van der Waals surface area (Å²) < 4.78 is 2.47. The maximum absolute atomic E-state index is 6.25. The van der Waals surface area contributed by atoms with E-state index < -0.39 is 0 Å². The first-order chi connectivity index (χ1) is 16.8. The van der Waals surface area contributed by atoms with Crippen LogP contribution in [0.3, 0.4) is 0 Å². The van der Waals surface area contributed by atoms with E-state index in [-0.39, 0.29) is 0 Å². The van der Waals surface area contributed by atoms with Crippen LogP contribution in [0.15, 0.2) is 78.9 Å². The third-order valence-electron chi connectivity index (χ3n) is 7.74. The molecule has 0 aliphatic heterocycles. The highest BCUT2D eigenvalue weighted by molar-refractivity contribution is 6.10. The molecular formula is C32H28N2. The Morgan fingerprint density at radius 1 is 0.765 bits per heavy atom. The van der Waals surface area contributed by atoms with Crippen molar-refractivity contribution >= 4 is 39.6 Å². The topological polar surface area (TPSA) is 30.9 Å². The third-order valence-corrected chi connectivity index (χ3v) is 7.74. The average molecular weight is 441 g/mol. The molecule has 3 aliphatic carbocycles. The van der Waals surface area contributed by atoms with E-state index in [1.807, 2.05) is 6.07 Å². The van der Waals surface area contributed by atoms with Crippen LogP contribution >= 0.6 is 0 Å². The number of anilines is 1. The van der Waals surface area contributed by atoms with Crippen LogP contribution in [0.2, 0.25) is 0 Å². The summed E-state index contributed by atoms with van der Waals surface area (Å²) in [5, 5.41) is 2.59. The highest BCUT2D eigenvalue weighted by Gasteiger charge is 2.21. The van der Waals surface area contributed by atoms with Crippen molar-refractivity contribution in [1.29, 1.82) is 0 Å². The van der Waals surface area contributed by atoms with Gasteiger partial charge in [-0.15, -0.1) is 0 Å². The van der Waals surface area contributed by atoms with Gasteiger partial charge >= 0.3 is 0 Å². The number of fused-ring (bicyclic) bond motifs is 6. The first-order valence-electron chi connectivity index (χ1n) is 12.5. The number of nitrogen functional groups attached to an aromatic ring is 1. The molecule has 2 nitrogen and oxygen atoms in total. The standard InChI is InChI=1S/C32H28N2/c33-23-15-16-28-30-19-22(14-17-31(30)34(32(28)20-23)24-9-2-1-3-10-24)29-18-21-8-4-5-11-25(21)26-12-6-7-13-27(26)29/h1-3,5-6,9,11-12,14-20,24H,4,7-8,10,13,33H2. The Balaban J connectivity index is 1.48. The second-order valence-electron chi connectivity index (χ2n) is 9.77. The first-order valence-corrected chi connectivity index (χ1v) is 12.5. The third kappa shape index (κ3) is 2.95. The molecule has 0 saturated carbocycles. The van der Waals surface area contributed by atoms with E-state index >= 15 is 0 Å². The fraction of sp³-hybridized carbons (Fsp3) is 0.188. The molecule has 0 saturated heterocycles. The van der Waals surface area contributed by atoms with Crippen molar-refractivity contribution in [3.63, 3.8) is 0 Å². The lowest BCUT2D eigenvalue weighted by Crippen LogP contribution is -2.07. The largest absolute Gasteiger partial charge is 0.399 e. The fourth-order valence-corrected chi connectivity index (χ4v) is 6.16. The van der Waals surface area contributed by atoms with Crippen LogP contribution < -0.4 is 5.73 Å². The van der Waals surface area contributed by atoms with Gasteiger partial charge in [-0.05, 0) is 89.8 Å². The van der Waals surface area contributed by atoms with E-state index in [0.717, 1.165) is 37.8 Å². The molecule has 0 spiro atoms. The number of hydrogen-bond donors (Lipinski definition) is 1. The zero-order valence-electron chi connectivity index (χ0n) is 19.3. The summed E-state index contributed by atoms with van der Waals surface area (Å²) in [6.07, 6.45) is 23.7. The quantitative estimate of drug-likeness (QED) is 0.314. The maximum Gasteiger partial charge on any atom is 0.0560 e. The molecule has 0 fully saturated rings. The van der Waals surface area contributed by atoms with Crippen LogP contribution in [-0.2, 0) is 12.8 Å². The minimum Gasteiger partial charge on any atom is -0.399 e. The van der Waals surface area contributed by atoms with E-state index in [4.69, 9.17) is 5.73 Å². The Morgan fingerprint density at radius 2 is 1.65 bits per heavy atom. The summed E-state index contributed by atoms with van der Waals surface area (Å²) in [5.74, 6) is 0. The highest BCUT2D eigenvalue weighted by atomic mass is 15.0. The molecule has 4 aromatic rings. The van der Waals surface area contributed by atoms with Crippen molar-refractivity contribution < 1.29 is 0 Å². The Kier molecular flexibility index (Phi) is 4.41. The summed E-state index contributed by atoms with van der Waals surface area (Å²) in [6, 6.07) is 16.2. The van der Waals surface area contributed by atoms with Crippen LogP contribution in [0.4, 0.5) is 5.69 Å². The molecule has 3 aromatic carbocycles. The number of hydrogen-bond acceptors (Lipinski definition) is 1. The van der Waals surface area contributed by atoms with Gasteiger partial charge in [0.1, 0.15) is 0 Å². The number of rotatable bonds is 2. The monoisotopic (exact) mass is 440 g/mol. The molecule has 2 N–H and O–H groups in total. The number of aromatic nitrogens is 1. The molecular weight excluding hydrogens is 412 g/mol. The highest BCUT2D eigenvalue weighted by Crippen LogP contribution is 2.41. The van der Waals surface area contributed by atoms with Crippen LogP contribution in [0.1, 0.15) is 47.6 Å². The van der Waals surface area contributed by atoms with Crippen LogP contribution in [0, 0.1) is 0 Å². The Morgan fingerprint density at radius 3 is 2.53 bits per heavy atom. The zero-order chi connectivity index (χ0) is 22.6. The summed E-state index contributed by atoms with van der Waals surface area (Å²) in [7, 11) is 0. The number of nitrogens with zero attached hydrogens (tertiary/aromatic N) is 1. The van der Waals surface area contributed by atoms with E-state index in [9.17, 15) is 0 Å². The van der Waals surface area contributed by atoms with E-state index in [0.29, 0.717) is 6.04 Å². The average Bonchev–Trinajstić information content (AvgIpc) is 3.21. The van der Waals surface area contributed by atoms with Crippen molar-refractivity contribution in [2.24, 2.45) is 0 Å². The lowest BCUT2D eigenvalue weighted by Gasteiger charge is -2.23. The lowest BCUT2D eigenvalue weighted by molar-refractivity contribution is 0.648. The summed E-state index contributed by atoms with van der Waals surface area (Å²) >= 11 is 0. The number of aryl methyl sites for hydroxylation is 1. The van der Waals surface area contributed by atoms with E-state index in [1.165, 1.54) is 55.2 Å². The van der Waals surface area contributed by atoms with E-state index in [2.05, 4.69) is 89.6 Å². The van der Waals surface area contributed by atoms with Gasteiger partial charge in [0.05, 0.1) is 11.6 Å². The van der Waals surface area contributed by atoms with Gasteiger partial charge in [0.15, 0.2) is 0 Å². The van der Waals surface area contributed by atoms with E-state index in [1.54, 1.807) is 0 Å². The van der Waals surface area contributed by atoms with Gasteiger partial charge in [0, 0.05) is 22.0 Å². The molecule has 2 heteroatoms. The molecule has 1 atom stereocenters. The van der Waals surface area contributed by atoms with Gasteiger partial charge in [-0.2, -0.15) is 0 Å². The zero-order valence-corrected chi connectivity index (χ0v) is 19.3. The summed E-state index contributed by atoms with van der Waals surface area (Å²) in [6.45, 7) is 0. The van der Waals surface area contributed by atoms with Gasteiger partial charge < -0.3 is 10.3 Å². The molecule has 3 aliphatic rings. The SMILES string of the molecule is Nc1ccc2c3cc(-c4cc5c(c6c4CCC=C6)C=CCC5)ccc3n(C3C=CC=CC3)c2c1. The molecule has 0 amide bonds. The fourth-order valence-electron chi connectivity index (χ4n) is 6.16. The second kappa shape index (κ2) is 7.63. The Hall–Kier alpha value is -3.78. The normalized spacial score (nSPS) is 18.5. The molecule has 166 valence electrons. The molecule has 0 bridgehead atoms. The summed E-state index contributed by atoms with van der Waals surface area (Å²) in [5.41, 5.74) is 18.2. The predicted octanol–water partition coefficient (Wildman–Crippen LogP) is 8.02. The van der Waals surface area contributed by atoms with Gasteiger partial charge in [-0.3, -0.25) is 0 Å². The predicted molar refractivity (Wildman–Crippen MR) is 146 cm³/mol. The minimum atomic E-state index is 0.311. The Labute approximate surface area is 200 Å². The van der Waals surface area contributed by atoms with Gasteiger partial charge in [-0.25, -0.2) is 0 Å². The van der Waals surface area contributed by atoms with Crippen LogP contribution in [0.25, 0.3) is 45.1 Å². The lowest BCUT2D eigenvalue weighted by atomic mass is 9.81. The Bertz CT molecular complexity index is 1590. The van der Waals surface area contributed by atoms with Gasteiger partial charge in [0.25, 0.3) is 0 Å². The van der Waals surface area contributed by atoms with Crippen molar-refractivity contribution in [2.75, 3.05) is 5.73 Å². The summed E-state index contributed by atoms with van der Waals surface area (Å²) in [4.78, 5) is 0. The van der Waals surface area contributed by atoms with Crippen molar-refractivity contribution in [1.82, 2.24) is 4.57 Å². The number of benzene rings is 3. The molecule has 1 aromatic heterocycles. The first kappa shape index (κ1) is 19.7. The van der Waals surface area contributed by atoms with Crippen molar-refractivity contribution in [2.45, 2.75) is 38.1 Å². The second-order valence-corrected chi connectivity index (χ2v) is 9.77. The molecule has 1 unspecified atom stereocenters. The van der Waals surface area contributed by atoms with Crippen molar-refractivity contribution in [3.05, 3.63) is 101 Å². The van der Waals surface area contributed by atoms with Crippen LogP contribution in [-0.4, -0.2) is 4.57 Å². The van der Waals surface area contributed by atoms with Crippen molar-refractivity contribution in [3.8, 4) is 11.1 Å². The number of allylic oxidation sites excluding steroid dienone is 6. The molecule has 34 heavy (non-hydrogen) atoms. The molecule has 7 rings (SSSR count). The smallest absolute Gasteiger partial charge is 0.0560 e.